The van der Waals surface area contributed by atoms with Gasteiger partial charge < -0.3 is 12.4 Å². The Bertz CT molecular complexity index is 2250. The summed E-state index contributed by atoms with van der Waals surface area (Å²) in [7, 11) is 1.83. The smallest absolute Gasteiger partial charge is 0.0623 e. The summed E-state index contributed by atoms with van der Waals surface area (Å²) in [5, 5.41) is 13.6. The molecule has 9 aromatic carbocycles. The van der Waals surface area contributed by atoms with E-state index in [0.29, 0.717) is 0 Å². The fraction of sp³-hybridized carbons (Fsp3) is 0. The van der Waals surface area contributed by atoms with E-state index in [1.807, 2.05) is 53.7 Å². The molecule has 55 heavy (non-hydrogen) atoms. The molecule has 0 nitrogen and oxygen atoms in total. The molecule has 271 valence electrons. The molecule has 0 unspecified atom stereocenters. The van der Waals surface area contributed by atoms with Crippen LogP contribution in [-0.4, -0.2) is 0 Å². The number of halogens is 2. The van der Waals surface area contributed by atoms with E-state index in [1.165, 1.54) is 64.5 Å². The zero-order chi connectivity index (χ0) is 37.0. The Hall–Kier alpha value is -4.44. The van der Waals surface area contributed by atoms with Crippen LogP contribution in [0.5, 0.6) is 0 Å². The van der Waals surface area contributed by atoms with E-state index < -0.39 is 15.8 Å². The Morgan fingerprint density at radius 1 is 0.273 bits per heavy atom. The van der Waals surface area contributed by atoms with Crippen LogP contribution in [0.25, 0.3) is 32.7 Å². The van der Waals surface area contributed by atoms with Gasteiger partial charge in [0.2, 0.25) is 0 Å². The van der Waals surface area contributed by atoms with Gasteiger partial charge in [-0.15, -0.1) is 0 Å². The number of hydrogen-bond acceptors (Lipinski definition) is 0. The predicted molar refractivity (Wildman–Crippen MR) is 239 cm³/mol. The number of hydrogen-bond donors (Lipinski definition) is 0. The van der Waals surface area contributed by atoms with Gasteiger partial charge in [-0.1, -0.05) is 170 Å². The molecule has 9 rings (SSSR count). The Labute approximate surface area is 347 Å². The van der Waals surface area contributed by atoms with Gasteiger partial charge in [-0.2, -0.15) is 0 Å². The van der Waals surface area contributed by atoms with Crippen molar-refractivity contribution in [3.8, 4) is 11.1 Å². The molecule has 0 radical (unpaired) electrons. The maximum absolute atomic E-state index is 4.57. The first kappa shape index (κ1) is 40.2. The summed E-state index contributed by atoms with van der Waals surface area (Å²) < 4.78 is 0. The van der Waals surface area contributed by atoms with Gasteiger partial charge in [-0.25, -0.2) is 0 Å². The maximum atomic E-state index is 4.57. The first-order valence-electron chi connectivity index (χ1n) is 18.0. The van der Waals surface area contributed by atoms with Crippen molar-refractivity contribution < 1.29 is 29.7 Å². The minimum absolute atomic E-state index is 0. The molecular formula is C50H40Cl2P2Ru+. The standard InChI is InChI=1S/C44H32P2.C6H6.2ClH.Ru/c1-5-19-35(20-6-1)45(36-21-7-2-8-22-36)41-31-29-33-17-13-15-27-39(33)43(41)44-40-28-16-14-18-34(40)30-32-42(44)46(37-23-9-3-10-24-37)38-25-11-4-12-26-38;1-2-4-6-5-3-1;;;/h1-32H;1-6H;2*1H;/q;;;;+1. The van der Waals surface area contributed by atoms with Crippen LogP contribution in [0.4, 0.5) is 0 Å². The topological polar surface area (TPSA) is 0 Å². The molecule has 0 aliphatic carbocycles. The van der Waals surface area contributed by atoms with Gasteiger partial charge in [0, 0.05) is 11.1 Å². The van der Waals surface area contributed by atoms with Crippen molar-refractivity contribution >= 4 is 78.9 Å². The van der Waals surface area contributed by atoms with Crippen molar-refractivity contribution in [2.24, 2.45) is 0 Å². The fourth-order valence-corrected chi connectivity index (χ4v) is 12.8. The molecule has 0 atom stereocenters. The fourth-order valence-electron chi connectivity index (χ4n) is 7.26. The zero-order valence-corrected chi connectivity index (χ0v) is 35.3. The van der Waals surface area contributed by atoms with Gasteiger partial charge in [-0.05, 0) is 82.2 Å². The molecule has 0 aliphatic rings. The second-order valence-electron chi connectivity index (χ2n) is 12.8. The normalized spacial score (nSPS) is 10.5. The van der Waals surface area contributed by atoms with Gasteiger partial charge in [0.25, 0.3) is 0 Å². The molecule has 5 heteroatoms. The van der Waals surface area contributed by atoms with Crippen molar-refractivity contribution in [1.29, 1.82) is 0 Å². The Morgan fingerprint density at radius 3 is 0.800 bits per heavy atom. The summed E-state index contributed by atoms with van der Waals surface area (Å²) in [6, 6.07) is 84.2. The summed E-state index contributed by atoms with van der Waals surface area (Å²) in [6.45, 7) is 0. The van der Waals surface area contributed by atoms with Gasteiger partial charge >= 0.3 is 27.0 Å². The molecular weight excluding hydrogens is 834 g/mol. The summed E-state index contributed by atoms with van der Waals surface area (Å²) in [5.74, 6) is 0. The molecule has 9 aromatic rings. The van der Waals surface area contributed by atoms with Gasteiger partial charge in [0.1, 0.15) is 31.8 Å². The van der Waals surface area contributed by atoms with Crippen LogP contribution >= 0.6 is 25.5 Å². The van der Waals surface area contributed by atoms with Gasteiger partial charge in [0.15, 0.2) is 0 Å². The minimum atomic E-state index is -1.37. The van der Waals surface area contributed by atoms with Crippen molar-refractivity contribution in [1.82, 2.24) is 0 Å². The summed E-state index contributed by atoms with van der Waals surface area (Å²) in [5.41, 5.74) is 2.75. The molecule has 0 saturated heterocycles. The third kappa shape index (κ3) is 9.34. The first-order valence-corrected chi connectivity index (χ1v) is 23.2. The third-order valence-electron chi connectivity index (χ3n) is 9.56. The summed E-state index contributed by atoms with van der Waals surface area (Å²) in [4.78, 5) is 0. The van der Waals surface area contributed by atoms with Gasteiger partial charge in [0.05, 0.1) is 15.8 Å². The molecule has 0 bridgehead atoms. The number of rotatable bonds is 7. The van der Waals surface area contributed by atoms with E-state index in [0.717, 1.165) is 0 Å². The van der Waals surface area contributed by atoms with Crippen LogP contribution in [-0.2, 0) is 17.3 Å². The molecule has 0 N–H and O–H groups in total. The molecule has 0 aliphatic heterocycles. The molecule has 0 spiro atoms. The summed E-state index contributed by atoms with van der Waals surface area (Å²) >= 11 is 1.82. The van der Waals surface area contributed by atoms with Crippen LogP contribution in [0.3, 0.4) is 0 Å². The van der Waals surface area contributed by atoms with E-state index in [1.54, 1.807) is 0 Å². The quantitative estimate of drug-likeness (QED) is 0.113. The SMILES string of the molecule is [Cl-].[Cl][Ru].c1ccc([PH+](c2ccccc2)c2ccc3ccccc3c2-c2c([PH+](c3ccccc3)c3ccccc3)ccc3ccccc23)cc1.c1ccccc1. The second kappa shape index (κ2) is 20.5. The van der Waals surface area contributed by atoms with E-state index in [2.05, 4.69) is 204 Å². The van der Waals surface area contributed by atoms with Crippen LogP contribution in [0.2, 0.25) is 0 Å². The number of fused-ring (bicyclic) bond motifs is 2. The number of benzene rings is 9. The van der Waals surface area contributed by atoms with Crippen molar-refractivity contribution in [2.75, 3.05) is 0 Å². The van der Waals surface area contributed by atoms with E-state index in [-0.39, 0.29) is 12.4 Å². The first-order chi connectivity index (χ1) is 26.9. The van der Waals surface area contributed by atoms with Crippen LogP contribution in [0.1, 0.15) is 0 Å². The summed E-state index contributed by atoms with van der Waals surface area (Å²) in [6.07, 6.45) is 0. The largest absolute Gasteiger partial charge is 0.111 e. The van der Waals surface area contributed by atoms with E-state index in [9.17, 15) is 0 Å². The average molecular weight is 875 g/mol. The molecule has 0 aromatic heterocycles. The minimum Gasteiger partial charge on any atom is -0.0623 e. The van der Waals surface area contributed by atoms with Crippen molar-refractivity contribution in [3.05, 3.63) is 231 Å². The Morgan fingerprint density at radius 2 is 0.509 bits per heavy atom. The van der Waals surface area contributed by atoms with Crippen LogP contribution < -0.4 is 44.2 Å². The third-order valence-corrected chi connectivity index (χ3v) is 15.1. The molecule has 0 heterocycles. The molecule has 0 fully saturated rings. The van der Waals surface area contributed by atoms with Gasteiger partial charge in [-0.3, -0.25) is 0 Å². The monoisotopic (exact) mass is 874 g/mol. The average Bonchev–Trinajstić information content (AvgIpc) is 3.27. The maximum Gasteiger partial charge on any atom is 0.111 e. The van der Waals surface area contributed by atoms with E-state index in [4.69, 9.17) is 0 Å². The van der Waals surface area contributed by atoms with Crippen LogP contribution in [0, 0.1) is 0 Å². The van der Waals surface area contributed by atoms with Crippen molar-refractivity contribution in [2.45, 2.75) is 0 Å². The Kier molecular flexibility index (Phi) is 15.0. The zero-order valence-electron chi connectivity index (χ0n) is 30.0. The van der Waals surface area contributed by atoms with Crippen LogP contribution in [0.15, 0.2) is 231 Å². The molecule has 0 amide bonds. The second-order valence-corrected chi connectivity index (χ2v) is 17.7. The van der Waals surface area contributed by atoms with Crippen molar-refractivity contribution in [3.63, 3.8) is 0 Å². The predicted octanol–water partition coefficient (Wildman–Crippen LogP) is 8.02. The Balaban J connectivity index is 0.000000517. The molecule has 0 saturated carbocycles. The van der Waals surface area contributed by atoms with E-state index >= 15 is 0 Å².